The summed E-state index contributed by atoms with van der Waals surface area (Å²) in [6.45, 7) is 7.77. The number of nitrogens with two attached hydrogens (primary N) is 2. The molecule has 10 aromatic rings. The zero-order valence-electron chi connectivity index (χ0n) is 41.3. The number of fused-ring (bicyclic) bond motifs is 4. The number of halogens is 2. The molecule has 6 aromatic heterocycles. The molecule has 2 saturated carbocycles. The van der Waals surface area contributed by atoms with Gasteiger partial charge in [0.25, 0.3) is 11.1 Å². The minimum absolute atomic E-state index is 0.0103. The third-order valence-corrected chi connectivity index (χ3v) is 14.1. The van der Waals surface area contributed by atoms with Crippen molar-refractivity contribution in [2.75, 3.05) is 18.6 Å². The Labute approximate surface area is 421 Å². The first-order valence-electron chi connectivity index (χ1n) is 24.6. The van der Waals surface area contributed by atoms with Crippen LogP contribution in [0.1, 0.15) is 102 Å². The predicted octanol–water partition coefficient (Wildman–Crippen LogP) is 9.31. The third kappa shape index (κ3) is 8.19. The van der Waals surface area contributed by atoms with E-state index in [2.05, 4.69) is 19.9 Å². The maximum Gasteiger partial charge on any atom is 0.264 e. The van der Waals surface area contributed by atoms with Crippen LogP contribution in [-0.2, 0) is 0 Å². The number of ether oxygens (including phenoxy) is 2. The standard InChI is InChI=1S/C28H28FN7O2.C26H24FN7O2/c1-15(2)38-19-12-10-17(11-13-19)24-23-25(30)31-14-32-27(23)36(34-24)16(3)26-33-21-9-5-8-20(29)22(21)28(37)35(26)18-6-4-7-18;1-14(24-31-19-8-4-7-18(27)20(19)26(35)33(24)16-5-3-6-16)34-25-21(23(28)29-13-30-25)22(32-34)15-9-11-17(36-2)12-10-15/h5,8-16,18H,4,6-7H2,1-3H3,(H2,30,31,32);4,7-14,16H,3,5-6H2,1-2H3,(H2,28,29,30). The Balaban J connectivity index is 0.000000159. The van der Waals surface area contributed by atoms with E-state index in [0.29, 0.717) is 67.8 Å². The number of methoxy groups -OCH3 is 1. The highest BCUT2D eigenvalue weighted by Gasteiger charge is 2.32. The van der Waals surface area contributed by atoms with Crippen LogP contribution in [0.4, 0.5) is 20.4 Å². The van der Waals surface area contributed by atoms with Crippen molar-refractivity contribution in [2.45, 2.75) is 96.5 Å². The van der Waals surface area contributed by atoms with Crippen molar-refractivity contribution in [3.63, 3.8) is 0 Å². The van der Waals surface area contributed by atoms with Gasteiger partial charge in [-0.25, -0.2) is 48.0 Å². The van der Waals surface area contributed by atoms with Crippen LogP contribution in [0.3, 0.4) is 0 Å². The Kier molecular flexibility index (Phi) is 12.3. The van der Waals surface area contributed by atoms with Gasteiger partial charge in [0.15, 0.2) is 11.3 Å². The van der Waals surface area contributed by atoms with Crippen LogP contribution in [0, 0.1) is 11.6 Å². The Bertz CT molecular complexity index is 3900. The van der Waals surface area contributed by atoms with Crippen LogP contribution in [0.25, 0.3) is 66.4 Å². The summed E-state index contributed by atoms with van der Waals surface area (Å²) in [6, 6.07) is 23.1. The van der Waals surface area contributed by atoms with Gasteiger partial charge in [-0.3, -0.25) is 18.7 Å². The van der Waals surface area contributed by atoms with Crippen LogP contribution in [0.15, 0.2) is 107 Å². The number of hydrogen-bond acceptors (Lipinski definition) is 14. The lowest BCUT2D eigenvalue weighted by Crippen LogP contribution is -2.35. The number of aromatic nitrogens is 12. The first-order valence-corrected chi connectivity index (χ1v) is 24.6. The fourth-order valence-corrected chi connectivity index (χ4v) is 9.89. The van der Waals surface area contributed by atoms with Gasteiger partial charge in [-0.15, -0.1) is 0 Å². The molecule has 6 heterocycles. The fourth-order valence-electron chi connectivity index (χ4n) is 9.89. The van der Waals surface area contributed by atoms with Crippen molar-refractivity contribution >= 4 is 55.5 Å². The van der Waals surface area contributed by atoms with E-state index in [1.807, 2.05) is 76.2 Å². The average molecular weight is 999 g/mol. The number of hydrogen-bond donors (Lipinski definition) is 2. The first-order chi connectivity index (χ1) is 35.8. The summed E-state index contributed by atoms with van der Waals surface area (Å²) in [7, 11) is 1.61. The molecule has 0 bridgehead atoms. The van der Waals surface area contributed by atoms with E-state index in [-0.39, 0.29) is 40.1 Å². The Morgan fingerprint density at radius 1 is 0.568 bits per heavy atom. The minimum Gasteiger partial charge on any atom is -0.497 e. The van der Waals surface area contributed by atoms with E-state index in [1.54, 1.807) is 49.9 Å². The van der Waals surface area contributed by atoms with Gasteiger partial charge in [-0.1, -0.05) is 12.1 Å². The van der Waals surface area contributed by atoms with Crippen molar-refractivity contribution in [2.24, 2.45) is 0 Å². The summed E-state index contributed by atoms with van der Waals surface area (Å²) in [5.74, 6) is 1.95. The second-order valence-corrected chi connectivity index (χ2v) is 19.0. The van der Waals surface area contributed by atoms with E-state index in [4.69, 9.17) is 41.1 Å². The molecule has 4 aromatic carbocycles. The van der Waals surface area contributed by atoms with Crippen LogP contribution in [0.5, 0.6) is 11.5 Å². The van der Waals surface area contributed by atoms with E-state index in [9.17, 15) is 18.4 Å². The summed E-state index contributed by atoms with van der Waals surface area (Å²) in [5, 5.41) is 11.1. The predicted molar refractivity (Wildman–Crippen MR) is 278 cm³/mol. The molecular weight excluding hydrogens is 947 g/mol. The molecule has 2 aliphatic rings. The minimum atomic E-state index is -0.566. The number of benzene rings is 4. The lowest BCUT2D eigenvalue weighted by Gasteiger charge is -2.31. The van der Waals surface area contributed by atoms with Crippen molar-refractivity contribution < 1.29 is 18.3 Å². The number of nitrogen functional groups attached to an aromatic ring is 2. The number of anilines is 2. The Hall–Kier alpha value is -8.68. The first kappa shape index (κ1) is 47.6. The van der Waals surface area contributed by atoms with Crippen molar-refractivity contribution in [1.82, 2.24) is 58.6 Å². The molecule has 0 aliphatic heterocycles. The normalized spacial score (nSPS) is 14.8. The summed E-state index contributed by atoms with van der Waals surface area (Å²) in [5.41, 5.74) is 16.4. The molecule has 20 heteroatoms. The maximum absolute atomic E-state index is 14.7. The van der Waals surface area contributed by atoms with Crippen LogP contribution in [0.2, 0.25) is 0 Å². The zero-order chi connectivity index (χ0) is 51.5. The SMILES string of the molecule is CC(C)Oc1ccc(-c2nn(C(C)c3nc4cccc(F)c4c(=O)n3C3CCC3)c3ncnc(N)c23)cc1.COc1ccc(-c2nn(C(C)c3nc4cccc(F)c4c(=O)n3C3CCC3)c3ncnc(N)c23)cc1. The van der Waals surface area contributed by atoms with Gasteiger partial charge < -0.3 is 20.9 Å². The van der Waals surface area contributed by atoms with E-state index >= 15 is 0 Å². The summed E-state index contributed by atoms with van der Waals surface area (Å²) in [4.78, 5) is 54.1. The molecule has 2 atom stereocenters. The van der Waals surface area contributed by atoms with E-state index < -0.39 is 23.7 Å². The molecule has 12 rings (SSSR count). The van der Waals surface area contributed by atoms with Crippen LogP contribution < -0.4 is 32.1 Å². The van der Waals surface area contributed by atoms with Gasteiger partial charge in [0.1, 0.15) is 93.3 Å². The summed E-state index contributed by atoms with van der Waals surface area (Å²) in [6.07, 6.45) is 8.23. The van der Waals surface area contributed by atoms with Gasteiger partial charge in [0.05, 0.1) is 35.0 Å². The molecule has 0 radical (unpaired) electrons. The lowest BCUT2D eigenvalue weighted by atomic mass is 9.92. The van der Waals surface area contributed by atoms with Gasteiger partial charge in [-0.2, -0.15) is 10.2 Å². The van der Waals surface area contributed by atoms with Crippen LogP contribution in [-0.4, -0.2) is 71.8 Å². The molecule has 2 fully saturated rings. The largest absolute Gasteiger partial charge is 0.497 e. The smallest absolute Gasteiger partial charge is 0.264 e. The highest BCUT2D eigenvalue weighted by atomic mass is 19.1. The molecule has 0 saturated heterocycles. The number of rotatable bonds is 11. The summed E-state index contributed by atoms with van der Waals surface area (Å²) >= 11 is 0. The van der Waals surface area contributed by atoms with E-state index in [1.165, 1.54) is 24.8 Å². The molecule has 376 valence electrons. The van der Waals surface area contributed by atoms with Crippen molar-refractivity contribution in [1.29, 1.82) is 0 Å². The average Bonchev–Trinajstić information content (AvgIpc) is 3.96. The highest BCUT2D eigenvalue weighted by molar-refractivity contribution is 5.99. The molecular formula is C54H52F2N14O4. The monoisotopic (exact) mass is 998 g/mol. The van der Waals surface area contributed by atoms with Gasteiger partial charge in [0.2, 0.25) is 0 Å². The van der Waals surface area contributed by atoms with Gasteiger partial charge in [0, 0.05) is 23.2 Å². The summed E-state index contributed by atoms with van der Waals surface area (Å²) < 4.78 is 47.2. The second-order valence-electron chi connectivity index (χ2n) is 19.0. The lowest BCUT2D eigenvalue weighted by molar-refractivity contribution is 0.242. The van der Waals surface area contributed by atoms with Crippen molar-refractivity contribution in [3.05, 3.63) is 142 Å². The fraction of sp³-hybridized carbons (Fsp3) is 0.296. The Morgan fingerprint density at radius 3 is 1.36 bits per heavy atom. The zero-order valence-corrected chi connectivity index (χ0v) is 41.3. The van der Waals surface area contributed by atoms with Gasteiger partial charge >= 0.3 is 0 Å². The third-order valence-electron chi connectivity index (χ3n) is 14.1. The Morgan fingerprint density at radius 2 is 0.986 bits per heavy atom. The highest BCUT2D eigenvalue weighted by Crippen LogP contribution is 2.39. The van der Waals surface area contributed by atoms with Gasteiger partial charge in [-0.05, 0) is 139 Å². The second kappa shape index (κ2) is 19.1. The number of nitrogens with zero attached hydrogens (tertiary/aromatic N) is 12. The maximum atomic E-state index is 14.7. The van der Waals surface area contributed by atoms with Crippen molar-refractivity contribution in [3.8, 4) is 34.0 Å². The topological polar surface area (TPSA) is 227 Å². The molecule has 2 aliphatic carbocycles. The molecule has 2 unspecified atom stereocenters. The quantitative estimate of drug-likeness (QED) is 0.123. The molecule has 18 nitrogen and oxygen atoms in total. The molecule has 4 N–H and O–H groups in total. The molecule has 74 heavy (non-hydrogen) atoms. The molecule has 0 spiro atoms. The van der Waals surface area contributed by atoms with Crippen LogP contribution >= 0.6 is 0 Å². The van der Waals surface area contributed by atoms with E-state index in [0.717, 1.165) is 61.2 Å². The molecule has 0 amide bonds.